The molecule has 0 N–H and O–H groups in total. The Morgan fingerprint density at radius 1 is 1.17 bits per heavy atom. The number of hydrogen-bond acceptors (Lipinski definition) is 2. The monoisotopic (exact) mass is 351 g/mol. The summed E-state index contributed by atoms with van der Waals surface area (Å²) in [6.45, 7) is 2.05. The maximum absolute atomic E-state index is 12.9. The third kappa shape index (κ3) is 3.29. The van der Waals surface area contributed by atoms with E-state index < -0.39 is 11.7 Å². The normalized spacial score (nSPS) is 18.2. The molecule has 1 heterocycles. The molecule has 0 radical (unpaired) electrons. The van der Waals surface area contributed by atoms with Crippen molar-refractivity contribution < 1.29 is 18.0 Å². The molecule has 3 rings (SSSR count). The zero-order valence-electron chi connectivity index (χ0n) is 13.0. The molecule has 1 saturated heterocycles. The van der Waals surface area contributed by atoms with Crippen molar-refractivity contribution >= 4 is 23.4 Å². The van der Waals surface area contributed by atoms with Gasteiger partial charge in [0.2, 0.25) is 5.91 Å². The summed E-state index contributed by atoms with van der Waals surface area (Å²) >= 11 is 1.43. The summed E-state index contributed by atoms with van der Waals surface area (Å²) in [6.07, 6.45) is -3.52. The summed E-state index contributed by atoms with van der Waals surface area (Å²) in [4.78, 5) is 13.7. The molecule has 0 spiro atoms. The molecule has 0 saturated carbocycles. The van der Waals surface area contributed by atoms with E-state index in [9.17, 15) is 18.0 Å². The number of halogens is 3. The Labute approximate surface area is 142 Å². The number of nitrogens with zero attached hydrogens (tertiary/aromatic N) is 1. The summed E-state index contributed by atoms with van der Waals surface area (Å²) in [6, 6.07) is 12.8. The average molecular weight is 351 g/mol. The first-order valence-corrected chi connectivity index (χ1v) is 8.65. The summed E-state index contributed by atoms with van der Waals surface area (Å²) in [5.74, 6) is 0.0834. The van der Waals surface area contributed by atoms with Gasteiger partial charge in [-0.2, -0.15) is 13.2 Å². The minimum absolute atomic E-state index is 0.177. The lowest BCUT2D eigenvalue weighted by atomic mass is 10.1. The van der Waals surface area contributed by atoms with Crippen LogP contribution in [0.5, 0.6) is 0 Å². The van der Waals surface area contributed by atoms with Gasteiger partial charge in [-0.1, -0.05) is 37.3 Å². The third-order valence-electron chi connectivity index (χ3n) is 3.99. The zero-order valence-corrected chi connectivity index (χ0v) is 13.8. The smallest absolute Gasteiger partial charge is 0.295 e. The number of carbonyl (C=O) groups is 1. The summed E-state index contributed by atoms with van der Waals surface area (Å²) in [5, 5.41) is -0.299. The second-order valence-electron chi connectivity index (χ2n) is 5.57. The molecule has 0 aliphatic carbocycles. The topological polar surface area (TPSA) is 20.3 Å². The fourth-order valence-corrected chi connectivity index (χ4v) is 3.88. The first-order valence-electron chi connectivity index (χ1n) is 7.60. The number of carbonyl (C=O) groups excluding carboxylic acids is 1. The van der Waals surface area contributed by atoms with Crippen LogP contribution in [0.2, 0.25) is 0 Å². The van der Waals surface area contributed by atoms with Gasteiger partial charge in [-0.3, -0.25) is 9.69 Å². The molecule has 2 aromatic carbocycles. The highest BCUT2D eigenvalue weighted by Gasteiger charge is 2.36. The number of anilines is 1. The maximum atomic E-state index is 12.9. The minimum Gasteiger partial charge on any atom is -0.295 e. The van der Waals surface area contributed by atoms with Crippen LogP contribution in [0.25, 0.3) is 0 Å². The Morgan fingerprint density at radius 3 is 2.50 bits per heavy atom. The Balaban J connectivity index is 1.96. The molecule has 1 fully saturated rings. The summed E-state index contributed by atoms with van der Waals surface area (Å²) in [5.41, 5.74) is 1.63. The lowest BCUT2D eigenvalue weighted by Crippen LogP contribution is -2.28. The molecular formula is C18H16F3NOS. The van der Waals surface area contributed by atoms with Gasteiger partial charge in [0.15, 0.2) is 0 Å². The Morgan fingerprint density at radius 2 is 1.88 bits per heavy atom. The van der Waals surface area contributed by atoms with E-state index in [1.165, 1.54) is 28.3 Å². The molecule has 1 aliphatic heterocycles. The Bertz CT molecular complexity index is 743. The first kappa shape index (κ1) is 16.9. The number of amides is 1. The van der Waals surface area contributed by atoms with E-state index in [2.05, 4.69) is 6.92 Å². The van der Waals surface area contributed by atoms with Crippen LogP contribution >= 0.6 is 11.8 Å². The molecule has 2 aromatic rings. The maximum Gasteiger partial charge on any atom is 0.416 e. The van der Waals surface area contributed by atoms with E-state index in [0.717, 1.165) is 24.1 Å². The number of hydrogen-bond donors (Lipinski definition) is 0. The van der Waals surface area contributed by atoms with E-state index in [1.807, 2.05) is 24.3 Å². The molecule has 2 nitrogen and oxygen atoms in total. The van der Waals surface area contributed by atoms with Crippen LogP contribution in [0.4, 0.5) is 18.9 Å². The molecule has 1 aliphatic rings. The average Bonchev–Trinajstić information content (AvgIpc) is 2.96. The largest absolute Gasteiger partial charge is 0.416 e. The highest BCUT2D eigenvalue weighted by atomic mass is 32.2. The van der Waals surface area contributed by atoms with Crippen molar-refractivity contribution in [2.24, 2.45) is 0 Å². The van der Waals surface area contributed by atoms with Gasteiger partial charge in [0, 0.05) is 5.69 Å². The van der Waals surface area contributed by atoms with Gasteiger partial charge in [-0.05, 0) is 35.7 Å². The van der Waals surface area contributed by atoms with Crippen LogP contribution in [-0.4, -0.2) is 11.7 Å². The van der Waals surface area contributed by atoms with Crippen LogP contribution in [0, 0.1) is 0 Å². The van der Waals surface area contributed by atoms with Gasteiger partial charge in [0.05, 0.1) is 11.3 Å². The van der Waals surface area contributed by atoms with E-state index in [0.29, 0.717) is 0 Å². The lowest BCUT2D eigenvalue weighted by Gasteiger charge is -2.25. The number of thioether (sulfide) groups is 1. The van der Waals surface area contributed by atoms with E-state index in [-0.39, 0.29) is 22.7 Å². The molecule has 0 bridgehead atoms. The van der Waals surface area contributed by atoms with Crippen LogP contribution in [-0.2, 0) is 17.4 Å². The molecule has 6 heteroatoms. The molecule has 1 amide bonds. The number of rotatable bonds is 3. The standard InChI is InChI=1S/C18H16F3NOS/c1-2-12-6-8-13(9-7-12)17-22(16(23)11-24-17)15-5-3-4-14(10-15)18(19,20)21/h3-10,17H,2,11H2,1H3. The van der Waals surface area contributed by atoms with Gasteiger partial charge in [-0.25, -0.2) is 0 Å². The van der Waals surface area contributed by atoms with Crippen LogP contribution in [0.15, 0.2) is 48.5 Å². The molecule has 126 valence electrons. The molecule has 1 unspecified atom stereocenters. The quantitative estimate of drug-likeness (QED) is 0.771. The van der Waals surface area contributed by atoms with Crippen LogP contribution < -0.4 is 4.90 Å². The van der Waals surface area contributed by atoms with Crippen molar-refractivity contribution in [3.05, 3.63) is 65.2 Å². The third-order valence-corrected chi connectivity index (χ3v) is 5.20. The predicted octanol–water partition coefficient (Wildman–Crippen LogP) is 5.05. The van der Waals surface area contributed by atoms with Gasteiger partial charge >= 0.3 is 6.18 Å². The highest BCUT2D eigenvalue weighted by Crippen LogP contribution is 2.43. The Kier molecular flexibility index (Phi) is 4.58. The summed E-state index contributed by atoms with van der Waals surface area (Å²) in [7, 11) is 0. The predicted molar refractivity (Wildman–Crippen MR) is 89.9 cm³/mol. The fourth-order valence-electron chi connectivity index (χ4n) is 2.70. The second kappa shape index (κ2) is 6.51. The molecule has 24 heavy (non-hydrogen) atoms. The van der Waals surface area contributed by atoms with Gasteiger partial charge in [0.1, 0.15) is 5.37 Å². The SMILES string of the molecule is CCc1ccc(C2SCC(=O)N2c2cccc(C(F)(F)F)c2)cc1. The Hall–Kier alpha value is -1.95. The van der Waals surface area contributed by atoms with E-state index in [4.69, 9.17) is 0 Å². The van der Waals surface area contributed by atoms with Gasteiger partial charge in [0.25, 0.3) is 0 Å². The summed E-state index contributed by atoms with van der Waals surface area (Å²) < 4.78 is 38.8. The lowest BCUT2D eigenvalue weighted by molar-refractivity contribution is -0.137. The van der Waals surface area contributed by atoms with Crippen LogP contribution in [0.3, 0.4) is 0 Å². The second-order valence-corrected chi connectivity index (χ2v) is 6.64. The number of benzene rings is 2. The van der Waals surface area contributed by atoms with Crippen molar-refractivity contribution in [1.82, 2.24) is 0 Å². The van der Waals surface area contributed by atoms with Gasteiger partial charge in [-0.15, -0.1) is 11.8 Å². The van der Waals surface area contributed by atoms with Crippen molar-refractivity contribution in [1.29, 1.82) is 0 Å². The minimum atomic E-state index is -4.43. The van der Waals surface area contributed by atoms with E-state index in [1.54, 1.807) is 6.07 Å². The van der Waals surface area contributed by atoms with Gasteiger partial charge < -0.3 is 0 Å². The fraction of sp³-hybridized carbons (Fsp3) is 0.278. The van der Waals surface area contributed by atoms with E-state index >= 15 is 0 Å². The number of aryl methyl sites for hydroxylation is 1. The molecule has 0 aromatic heterocycles. The highest BCUT2D eigenvalue weighted by molar-refractivity contribution is 8.00. The van der Waals surface area contributed by atoms with Crippen molar-refractivity contribution in [2.45, 2.75) is 24.9 Å². The molecule has 1 atom stereocenters. The van der Waals surface area contributed by atoms with Crippen molar-refractivity contribution in [2.75, 3.05) is 10.7 Å². The van der Waals surface area contributed by atoms with Crippen molar-refractivity contribution in [3.63, 3.8) is 0 Å². The number of alkyl halides is 3. The van der Waals surface area contributed by atoms with Crippen molar-refractivity contribution in [3.8, 4) is 0 Å². The molecular weight excluding hydrogens is 335 g/mol. The first-order chi connectivity index (χ1) is 11.4. The zero-order chi connectivity index (χ0) is 17.3. The van der Waals surface area contributed by atoms with Crippen LogP contribution in [0.1, 0.15) is 29.0 Å².